The van der Waals surface area contributed by atoms with E-state index >= 15 is 0 Å². The normalized spacial score (nSPS) is 16.6. The number of hydrogen-bond acceptors (Lipinski definition) is 5. The molecule has 0 unspecified atom stereocenters. The molecule has 1 aliphatic rings. The lowest BCUT2D eigenvalue weighted by atomic mass is 9.89. The first-order valence-corrected chi connectivity index (χ1v) is 8.97. The molecular weight excluding hydrogens is 306 g/mol. The van der Waals surface area contributed by atoms with Crippen LogP contribution >= 0.6 is 0 Å². The van der Waals surface area contributed by atoms with Gasteiger partial charge >= 0.3 is 5.97 Å². The zero-order valence-electron chi connectivity index (χ0n) is 14.5. The summed E-state index contributed by atoms with van der Waals surface area (Å²) in [6.45, 7) is 3.80. The second-order valence-corrected chi connectivity index (χ2v) is 6.38. The maximum atomic E-state index is 11.7. The zero-order chi connectivity index (χ0) is 17.2. The quantitative estimate of drug-likeness (QED) is 0.679. The molecule has 1 aliphatic carbocycles. The van der Waals surface area contributed by atoms with Crippen molar-refractivity contribution >= 4 is 5.97 Å². The molecule has 0 bridgehead atoms. The first kappa shape index (κ1) is 18.7. The minimum absolute atomic E-state index is 0.198. The molecule has 2 rings (SSSR count). The molecule has 0 saturated heterocycles. The van der Waals surface area contributed by atoms with Gasteiger partial charge in [0.25, 0.3) is 0 Å². The summed E-state index contributed by atoms with van der Waals surface area (Å²) in [6, 6.07) is 6.84. The van der Waals surface area contributed by atoms with Crippen LogP contribution in [0.5, 0.6) is 5.75 Å². The highest BCUT2D eigenvalue weighted by Gasteiger charge is 2.14. The molecule has 5 nitrogen and oxygen atoms in total. The molecule has 24 heavy (non-hydrogen) atoms. The molecule has 1 aromatic rings. The second kappa shape index (κ2) is 10.3. The number of ether oxygens (including phenoxy) is 2. The maximum absolute atomic E-state index is 11.7. The molecule has 5 heteroatoms. The van der Waals surface area contributed by atoms with Gasteiger partial charge in [0.05, 0.1) is 12.2 Å². The third kappa shape index (κ3) is 6.49. The molecular formula is C19H29NO4. The molecule has 0 spiro atoms. The molecule has 1 fully saturated rings. The number of benzene rings is 1. The Hall–Kier alpha value is -1.59. The van der Waals surface area contributed by atoms with Gasteiger partial charge in [-0.15, -0.1) is 0 Å². The van der Waals surface area contributed by atoms with Gasteiger partial charge in [-0.1, -0.05) is 25.3 Å². The van der Waals surface area contributed by atoms with Gasteiger partial charge < -0.3 is 19.9 Å². The van der Waals surface area contributed by atoms with Crippen molar-refractivity contribution in [2.45, 2.75) is 45.1 Å². The van der Waals surface area contributed by atoms with Crippen LogP contribution in [0.15, 0.2) is 24.3 Å². The predicted molar refractivity (Wildman–Crippen MR) is 93.3 cm³/mol. The Morgan fingerprint density at radius 1 is 1.33 bits per heavy atom. The van der Waals surface area contributed by atoms with E-state index in [-0.39, 0.29) is 12.6 Å². The average Bonchev–Trinajstić information content (AvgIpc) is 2.61. The zero-order valence-corrected chi connectivity index (χ0v) is 14.5. The van der Waals surface area contributed by atoms with E-state index in [0.29, 0.717) is 24.5 Å². The number of nitrogens with one attached hydrogen (secondary N) is 1. The van der Waals surface area contributed by atoms with Gasteiger partial charge in [0.1, 0.15) is 18.5 Å². The first-order valence-electron chi connectivity index (χ1n) is 8.97. The molecule has 1 aromatic carbocycles. The van der Waals surface area contributed by atoms with Crippen LogP contribution in [0.1, 0.15) is 49.4 Å². The summed E-state index contributed by atoms with van der Waals surface area (Å²) in [5.41, 5.74) is 0.458. The summed E-state index contributed by atoms with van der Waals surface area (Å²) in [7, 11) is 0. The average molecular weight is 335 g/mol. The fourth-order valence-corrected chi connectivity index (χ4v) is 3.02. The van der Waals surface area contributed by atoms with Crippen molar-refractivity contribution in [3.8, 4) is 5.75 Å². The molecule has 0 radical (unpaired) electrons. The number of carbonyl (C=O) groups excluding carboxylic acids is 1. The molecule has 0 aliphatic heterocycles. The lowest BCUT2D eigenvalue weighted by molar-refractivity contribution is 0.0525. The molecule has 134 valence electrons. The number of rotatable bonds is 9. The lowest BCUT2D eigenvalue weighted by Gasteiger charge is -2.22. The summed E-state index contributed by atoms with van der Waals surface area (Å²) in [5, 5.41) is 13.4. The Kier molecular flexibility index (Phi) is 8.05. The second-order valence-electron chi connectivity index (χ2n) is 6.38. The number of hydrogen-bond donors (Lipinski definition) is 2. The van der Waals surface area contributed by atoms with Crippen molar-refractivity contribution in [3.63, 3.8) is 0 Å². The van der Waals surface area contributed by atoms with Gasteiger partial charge in [0, 0.05) is 6.54 Å². The van der Waals surface area contributed by atoms with E-state index in [0.717, 1.165) is 12.5 Å². The summed E-state index contributed by atoms with van der Waals surface area (Å²) in [5.74, 6) is 0.942. The molecule has 0 aromatic heterocycles. The minimum atomic E-state index is -0.570. The SMILES string of the molecule is CCOC(=O)c1cccc(OC[C@@H](O)CNCC2CCCCC2)c1. The van der Waals surface area contributed by atoms with Crippen LogP contribution in [0, 0.1) is 5.92 Å². The van der Waals surface area contributed by atoms with Gasteiger partial charge in [0.15, 0.2) is 0 Å². The van der Waals surface area contributed by atoms with Crippen LogP contribution in [-0.2, 0) is 4.74 Å². The Morgan fingerprint density at radius 3 is 2.88 bits per heavy atom. The van der Waals surface area contributed by atoms with Gasteiger partial charge in [-0.25, -0.2) is 4.79 Å². The molecule has 2 N–H and O–H groups in total. The van der Waals surface area contributed by atoms with Crippen LogP contribution in [0.3, 0.4) is 0 Å². The molecule has 0 heterocycles. The minimum Gasteiger partial charge on any atom is -0.491 e. The number of aliphatic hydroxyl groups is 1. The Labute approximate surface area is 144 Å². The monoisotopic (exact) mass is 335 g/mol. The summed E-state index contributed by atoms with van der Waals surface area (Å²) >= 11 is 0. The van der Waals surface area contributed by atoms with Crippen LogP contribution in [0.2, 0.25) is 0 Å². The highest BCUT2D eigenvalue weighted by molar-refractivity contribution is 5.89. The number of esters is 1. The fourth-order valence-electron chi connectivity index (χ4n) is 3.02. The highest BCUT2D eigenvalue weighted by atomic mass is 16.5. The van der Waals surface area contributed by atoms with E-state index in [4.69, 9.17) is 9.47 Å². The van der Waals surface area contributed by atoms with Gasteiger partial charge in [-0.3, -0.25) is 0 Å². The molecule has 1 saturated carbocycles. The van der Waals surface area contributed by atoms with E-state index in [1.54, 1.807) is 31.2 Å². The van der Waals surface area contributed by atoms with Crippen LogP contribution < -0.4 is 10.1 Å². The predicted octanol–water partition coefficient (Wildman–Crippen LogP) is 2.77. The van der Waals surface area contributed by atoms with Gasteiger partial charge in [-0.05, 0) is 50.4 Å². The summed E-state index contributed by atoms with van der Waals surface area (Å²) < 4.78 is 10.5. The Bertz CT molecular complexity index is 500. The summed E-state index contributed by atoms with van der Waals surface area (Å²) in [6.07, 6.45) is 6.03. The third-order valence-corrected chi connectivity index (χ3v) is 4.33. The highest BCUT2D eigenvalue weighted by Crippen LogP contribution is 2.22. The molecule has 0 amide bonds. The maximum Gasteiger partial charge on any atom is 0.338 e. The van der Waals surface area contributed by atoms with Crippen LogP contribution in [0.25, 0.3) is 0 Å². The van der Waals surface area contributed by atoms with E-state index in [1.165, 1.54) is 32.1 Å². The summed E-state index contributed by atoms with van der Waals surface area (Å²) in [4.78, 5) is 11.7. The first-order chi connectivity index (χ1) is 11.7. The lowest BCUT2D eigenvalue weighted by Crippen LogP contribution is -2.34. The van der Waals surface area contributed by atoms with Crippen molar-refractivity contribution in [1.29, 1.82) is 0 Å². The van der Waals surface area contributed by atoms with Crippen molar-refractivity contribution < 1.29 is 19.4 Å². The molecule has 1 atom stereocenters. The van der Waals surface area contributed by atoms with Gasteiger partial charge in [0.2, 0.25) is 0 Å². The van der Waals surface area contributed by atoms with Crippen molar-refractivity contribution in [2.75, 3.05) is 26.3 Å². The van der Waals surface area contributed by atoms with E-state index in [1.807, 2.05) is 0 Å². The Balaban J connectivity index is 1.68. The topological polar surface area (TPSA) is 67.8 Å². The standard InChI is InChI=1S/C19H29NO4/c1-2-23-19(22)16-9-6-10-18(11-16)24-14-17(21)13-20-12-15-7-4-3-5-8-15/h6,9-11,15,17,20-21H,2-5,7-8,12-14H2,1H3/t17-/m0/s1. The number of carbonyl (C=O) groups is 1. The number of aliphatic hydroxyl groups excluding tert-OH is 1. The third-order valence-electron chi connectivity index (χ3n) is 4.33. The van der Waals surface area contributed by atoms with E-state index < -0.39 is 6.10 Å². The van der Waals surface area contributed by atoms with E-state index in [2.05, 4.69) is 5.32 Å². The van der Waals surface area contributed by atoms with Crippen molar-refractivity contribution in [3.05, 3.63) is 29.8 Å². The Morgan fingerprint density at radius 2 is 2.12 bits per heavy atom. The van der Waals surface area contributed by atoms with Crippen molar-refractivity contribution in [2.24, 2.45) is 5.92 Å². The van der Waals surface area contributed by atoms with Crippen LogP contribution in [-0.4, -0.2) is 43.5 Å². The van der Waals surface area contributed by atoms with Gasteiger partial charge in [-0.2, -0.15) is 0 Å². The smallest absolute Gasteiger partial charge is 0.338 e. The van der Waals surface area contributed by atoms with Crippen LogP contribution in [0.4, 0.5) is 0 Å². The van der Waals surface area contributed by atoms with E-state index in [9.17, 15) is 9.90 Å². The fraction of sp³-hybridized carbons (Fsp3) is 0.632. The van der Waals surface area contributed by atoms with Crippen molar-refractivity contribution in [1.82, 2.24) is 5.32 Å². The largest absolute Gasteiger partial charge is 0.491 e.